The summed E-state index contributed by atoms with van der Waals surface area (Å²) in [4.78, 5) is 36.0. The fourth-order valence-corrected chi connectivity index (χ4v) is 4.70. The molecule has 1 aromatic rings. The van der Waals surface area contributed by atoms with Crippen molar-refractivity contribution in [3.63, 3.8) is 0 Å². The highest BCUT2D eigenvalue weighted by atomic mass is 35.5. The number of ether oxygens (including phenoxy) is 1. The zero-order chi connectivity index (χ0) is 18.3. The largest absolute Gasteiger partial charge is 0.381 e. The van der Waals surface area contributed by atoms with Gasteiger partial charge in [0.2, 0.25) is 5.91 Å². The van der Waals surface area contributed by atoms with Crippen molar-refractivity contribution in [1.82, 2.24) is 19.7 Å². The molecule has 4 heterocycles. The van der Waals surface area contributed by atoms with Crippen molar-refractivity contribution >= 4 is 23.4 Å². The van der Waals surface area contributed by atoms with Crippen LogP contribution in [0.3, 0.4) is 0 Å². The number of nitrogens with zero attached hydrogens (tertiary/aromatic N) is 4. The predicted molar refractivity (Wildman–Crippen MR) is 95.8 cm³/mol. The summed E-state index contributed by atoms with van der Waals surface area (Å²) in [6.45, 7) is 5.72. The molecule has 0 bridgehead atoms. The van der Waals surface area contributed by atoms with Gasteiger partial charge in [-0.25, -0.2) is 4.98 Å². The van der Waals surface area contributed by atoms with Gasteiger partial charge in [-0.1, -0.05) is 11.6 Å². The van der Waals surface area contributed by atoms with Gasteiger partial charge in [0.15, 0.2) is 0 Å². The average molecular weight is 379 g/mol. The minimum absolute atomic E-state index is 0.121. The number of fused-ring (bicyclic) bond motifs is 2. The number of likely N-dealkylation sites (N-methyl/N-ethyl adjacent to an activating group) is 1. The Labute approximate surface area is 157 Å². The highest BCUT2D eigenvalue weighted by Gasteiger charge is 2.57. The summed E-state index contributed by atoms with van der Waals surface area (Å²) in [6.07, 6.45) is 3.13. The van der Waals surface area contributed by atoms with Crippen LogP contribution in [0.25, 0.3) is 0 Å². The number of carbonyl (C=O) groups excluding carboxylic acids is 2. The van der Waals surface area contributed by atoms with Gasteiger partial charge in [-0.15, -0.1) is 0 Å². The fourth-order valence-electron chi connectivity index (χ4n) is 4.59. The van der Waals surface area contributed by atoms with Crippen LogP contribution in [0.15, 0.2) is 18.3 Å². The third-order valence-corrected chi connectivity index (χ3v) is 6.04. The van der Waals surface area contributed by atoms with Crippen LogP contribution in [0.1, 0.15) is 30.3 Å². The van der Waals surface area contributed by atoms with Crippen LogP contribution in [-0.4, -0.2) is 82.6 Å². The van der Waals surface area contributed by atoms with Crippen LogP contribution < -0.4 is 0 Å². The summed E-state index contributed by atoms with van der Waals surface area (Å²) in [7, 11) is 0. The fraction of sp³-hybridized carbons (Fsp3) is 0.611. The standard InChI is InChI=1S/C18H23ClN4O3/c1-2-22-17(25)15-12-21(16(24)14-4-3-13(19)11-20-14)7-8-23(15)18(22)5-9-26-10-6-18/h3-4,11,15H,2,5-10,12H2,1H3/t15-/m1/s1. The topological polar surface area (TPSA) is 66.0 Å². The minimum atomic E-state index is -0.280. The van der Waals surface area contributed by atoms with E-state index in [1.54, 1.807) is 17.0 Å². The molecule has 8 heteroatoms. The second-order valence-corrected chi connectivity index (χ2v) is 7.44. The molecule has 4 rings (SSSR count). The van der Waals surface area contributed by atoms with Gasteiger partial charge in [0.25, 0.3) is 5.91 Å². The Kier molecular flexibility index (Phi) is 4.62. The molecule has 1 spiro atoms. The number of pyridine rings is 1. The van der Waals surface area contributed by atoms with Crippen LogP contribution in [0.5, 0.6) is 0 Å². The van der Waals surface area contributed by atoms with Gasteiger partial charge in [0.05, 0.1) is 18.2 Å². The van der Waals surface area contributed by atoms with E-state index < -0.39 is 0 Å². The number of amides is 2. The summed E-state index contributed by atoms with van der Waals surface area (Å²) in [5, 5.41) is 0.498. The van der Waals surface area contributed by atoms with E-state index in [0.29, 0.717) is 50.1 Å². The van der Waals surface area contributed by atoms with E-state index in [4.69, 9.17) is 16.3 Å². The molecule has 0 unspecified atom stereocenters. The van der Waals surface area contributed by atoms with Crippen molar-refractivity contribution in [2.24, 2.45) is 0 Å². The molecule has 0 saturated carbocycles. The number of halogens is 1. The summed E-state index contributed by atoms with van der Waals surface area (Å²) in [6, 6.07) is 3.01. The lowest BCUT2D eigenvalue weighted by atomic mass is 9.96. The van der Waals surface area contributed by atoms with Crippen molar-refractivity contribution in [2.75, 3.05) is 39.4 Å². The Hall–Kier alpha value is -1.70. The van der Waals surface area contributed by atoms with Gasteiger partial charge in [-0.05, 0) is 19.1 Å². The molecule has 3 aliphatic heterocycles. The van der Waals surface area contributed by atoms with Crippen molar-refractivity contribution in [3.8, 4) is 0 Å². The molecule has 0 radical (unpaired) electrons. The molecular weight excluding hydrogens is 356 g/mol. The van der Waals surface area contributed by atoms with Gasteiger partial charge in [-0.3, -0.25) is 14.5 Å². The molecule has 3 fully saturated rings. The molecule has 3 saturated heterocycles. The Morgan fingerprint density at radius 2 is 2.12 bits per heavy atom. The lowest BCUT2D eigenvalue weighted by Crippen LogP contribution is -2.62. The number of rotatable bonds is 2. The Morgan fingerprint density at radius 1 is 1.35 bits per heavy atom. The summed E-state index contributed by atoms with van der Waals surface area (Å²) in [5.41, 5.74) is 0.115. The zero-order valence-electron chi connectivity index (χ0n) is 14.9. The molecule has 1 atom stereocenters. The van der Waals surface area contributed by atoms with Crippen molar-refractivity contribution in [1.29, 1.82) is 0 Å². The van der Waals surface area contributed by atoms with Gasteiger partial charge < -0.3 is 14.5 Å². The van der Waals surface area contributed by atoms with Gasteiger partial charge in [0, 0.05) is 45.2 Å². The maximum atomic E-state index is 13.1. The maximum Gasteiger partial charge on any atom is 0.272 e. The van der Waals surface area contributed by atoms with Gasteiger partial charge >= 0.3 is 0 Å². The highest BCUT2D eigenvalue weighted by molar-refractivity contribution is 6.30. The number of piperazine rings is 1. The first-order valence-corrected chi connectivity index (χ1v) is 9.51. The Morgan fingerprint density at radius 3 is 2.77 bits per heavy atom. The lowest BCUT2D eigenvalue weighted by molar-refractivity contribution is -0.135. The van der Waals surface area contributed by atoms with E-state index in [1.165, 1.54) is 6.20 Å². The summed E-state index contributed by atoms with van der Waals surface area (Å²) < 4.78 is 5.54. The van der Waals surface area contributed by atoms with E-state index in [1.807, 2.05) is 11.8 Å². The zero-order valence-corrected chi connectivity index (χ0v) is 15.6. The van der Waals surface area contributed by atoms with E-state index >= 15 is 0 Å². The molecule has 2 amide bonds. The molecule has 7 nitrogen and oxygen atoms in total. The minimum Gasteiger partial charge on any atom is -0.381 e. The molecule has 0 N–H and O–H groups in total. The van der Waals surface area contributed by atoms with E-state index in [-0.39, 0.29) is 23.5 Å². The second-order valence-electron chi connectivity index (χ2n) is 7.00. The molecule has 0 aromatic carbocycles. The quantitative estimate of drug-likeness (QED) is 0.774. The normalized spacial score (nSPS) is 25.6. The number of hydrogen-bond donors (Lipinski definition) is 0. The van der Waals surface area contributed by atoms with Crippen molar-refractivity contribution in [2.45, 2.75) is 31.5 Å². The lowest BCUT2D eigenvalue weighted by Gasteiger charge is -2.48. The van der Waals surface area contributed by atoms with Crippen LogP contribution in [0, 0.1) is 0 Å². The van der Waals surface area contributed by atoms with Gasteiger partial charge in [0.1, 0.15) is 17.4 Å². The predicted octanol–water partition coefficient (Wildman–Crippen LogP) is 1.23. The molecule has 26 heavy (non-hydrogen) atoms. The summed E-state index contributed by atoms with van der Waals surface area (Å²) in [5.74, 6) is -0.0268. The van der Waals surface area contributed by atoms with E-state index in [0.717, 1.165) is 12.8 Å². The number of carbonyl (C=O) groups is 2. The van der Waals surface area contributed by atoms with Crippen LogP contribution >= 0.6 is 11.6 Å². The van der Waals surface area contributed by atoms with E-state index in [2.05, 4.69) is 9.88 Å². The smallest absolute Gasteiger partial charge is 0.272 e. The first-order valence-electron chi connectivity index (χ1n) is 9.13. The number of hydrogen-bond acceptors (Lipinski definition) is 5. The molecule has 140 valence electrons. The van der Waals surface area contributed by atoms with Crippen LogP contribution in [0.2, 0.25) is 5.02 Å². The molecular formula is C18H23ClN4O3. The number of aromatic nitrogens is 1. The van der Waals surface area contributed by atoms with Crippen LogP contribution in [-0.2, 0) is 9.53 Å². The summed E-state index contributed by atoms with van der Waals surface area (Å²) >= 11 is 5.85. The van der Waals surface area contributed by atoms with Crippen molar-refractivity contribution < 1.29 is 14.3 Å². The first kappa shape index (κ1) is 17.7. The van der Waals surface area contributed by atoms with E-state index in [9.17, 15) is 9.59 Å². The average Bonchev–Trinajstić information content (AvgIpc) is 2.89. The molecule has 3 aliphatic rings. The molecule has 1 aromatic heterocycles. The third-order valence-electron chi connectivity index (χ3n) is 5.81. The van der Waals surface area contributed by atoms with Gasteiger partial charge in [-0.2, -0.15) is 0 Å². The Balaban J connectivity index is 1.56. The SMILES string of the molecule is CCN1C(=O)[C@H]2CN(C(=O)c3ccc(Cl)cn3)CCN2C12CCOCC2. The monoisotopic (exact) mass is 378 g/mol. The third kappa shape index (κ3) is 2.69. The molecule has 0 aliphatic carbocycles. The first-order chi connectivity index (χ1) is 12.6. The Bertz CT molecular complexity index is 705. The second kappa shape index (κ2) is 6.79. The van der Waals surface area contributed by atoms with Crippen molar-refractivity contribution in [3.05, 3.63) is 29.0 Å². The highest BCUT2D eigenvalue weighted by Crippen LogP contribution is 2.41. The maximum absolute atomic E-state index is 13.1. The van der Waals surface area contributed by atoms with Crippen LogP contribution in [0.4, 0.5) is 0 Å².